The van der Waals surface area contributed by atoms with Gasteiger partial charge in [-0.05, 0) is 55.1 Å². The highest BCUT2D eigenvalue weighted by Crippen LogP contribution is 2.33. The van der Waals surface area contributed by atoms with E-state index in [0.717, 1.165) is 22.5 Å². The molecule has 6 heteroatoms. The van der Waals surface area contributed by atoms with Crippen molar-refractivity contribution in [3.05, 3.63) is 65.1 Å². The molecule has 0 aliphatic rings. The number of hydrogen-bond donors (Lipinski definition) is 1. The maximum Gasteiger partial charge on any atom is 0.189 e. The van der Waals surface area contributed by atoms with E-state index in [0.29, 0.717) is 16.0 Å². The fourth-order valence-corrected chi connectivity index (χ4v) is 2.90. The minimum Gasteiger partial charge on any atom is -0.340 e. The summed E-state index contributed by atoms with van der Waals surface area (Å²) in [6.45, 7) is 1.92. The Labute approximate surface area is 149 Å². The van der Waals surface area contributed by atoms with Gasteiger partial charge in [0.1, 0.15) is 11.6 Å². The second-order valence-electron chi connectivity index (χ2n) is 5.16. The van der Waals surface area contributed by atoms with Crippen LogP contribution in [-0.4, -0.2) is 16.2 Å². The number of halogens is 2. The van der Waals surface area contributed by atoms with Gasteiger partial charge in [-0.3, -0.25) is 0 Å². The largest absolute Gasteiger partial charge is 0.340 e. The van der Waals surface area contributed by atoms with Crippen LogP contribution in [0.5, 0.6) is 0 Å². The molecule has 0 aliphatic carbocycles. The molecular weight excluding hydrogens is 345 g/mol. The number of thioether (sulfide) groups is 1. The molecule has 0 aliphatic heterocycles. The van der Waals surface area contributed by atoms with Crippen LogP contribution in [0, 0.1) is 12.7 Å². The van der Waals surface area contributed by atoms with Crippen LogP contribution in [0.3, 0.4) is 0 Å². The Hall–Kier alpha value is -2.11. The van der Waals surface area contributed by atoms with Crippen molar-refractivity contribution < 1.29 is 4.39 Å². The van der Waals surface area contributed by atoms with Crippen LogP contribution in [0.2, 0.25) is 5.02 Å². The Morgan fingerprint density at radius 3 is 2.29 bits per heavy atom. The lowest BCUT2D eigenvalue weighted by Gasteiger charge is -2.15. The van der Waals surface area contributed by atoms with Crippen molar-refractivity contribution in [2.45, 2.75) is 12.1 Å². The van der Waals surface area contributed by atoms with Crippen molar-refractivity contribution in [1.82, 2.24) is 9.97 Å². The highest BCUT2D eigenvalue weighted by Gasteiger charge is 2.14. The van der Waals surface area contributed by atoms with E-state index in [-0.39, 0.29) is 5.82 Å². The number of anilines is 2. The lowest BCUT2D eigenvalue weighted by Crippen LogP contribution is -2.02. The molecule has 2 aromatic carbocycles. The maximum absolute atomic E-state index is 13.2. The van der Waals surface area contributed by atoms with Crippen molar-refractivity contribution in [3.63, 3.8) is 0 Å². The monoisotopic (exact) mass is 359 g/mol. The van der Waals surface area contributed by atoms with E-state index >= 15 is 0 Å². The molecular formula is C18H15ClFN3S. The van der Waals surface area contributed by atoms with Gasteiger partial charge in [-0.1, -0.05) is 35.5 Å². The first-order valence-electron chi connectivity index (χ1n) is 7.28. The Kier molecular flexibility index (Phi) is 5.02. The highest BCUT2D eigenvalue weighted by molar-refractivity contribution is 7.98. The molecule has 0 unspecified atom stereocenters. The van der Waals surface area contributed by atoms with Gasteiger partial charge in [-0.25, -0.2) is 14.4 Å². The molecule has 1 N–H and O–H groups in total. The summed E-state index contributed by atoms with van der Waals surface area (Å²) in [6.07, 6.45) is 1.93. The normalized spacial score (nSPS) is 10.7. The van der Waals surface area contributed by atoms with E-state index < -0.39 is 0 Å². The second-order valence-corrected chi connectivity index (χ2v) is 6.37. The molecule has 0 atom stereocenters. The van der Waals surface area contributed by atoms with E-state index in [4.69, 9.17) is 11.6 Å². The predicted octanol–water partition coefficient (Wildman–Crippen LogP) is 5.71. The van der Waals surface area contributed by atoms with E-state index in [1.54, 1.807) is 12.1 Å². The first kappa shape index (κ1) is 16.7. The number of benzene rings is 2. The quantitative estimate of drug-likeness (QED) is 0.478. The van der Waals surface area contributed by atoms with Gasteiger partial charge in [0, 0.05) is 16.3 Å². The second kappa shape index (κ2) is 7.20. The van der Waals surface area contributed by atoms with Gasteiger partial charge >= 0.3 is 0 Å². The van der Waals surface area contributed by atoms with Crippen molar-refractivity contribution >= 4 is 34.9 Å². The first-order valence-corrected chi connectivity index (χ1v) is 8.88. The third kappa shape index (κ3) is 3.68. The zero-order chi connectivity index (χ0) is 17.1. The zero-order valence-corrected chi connectivity index (χ0v) is 14.7. The number of rotatable bonds is 4. The van der Waals surface area contributed by atoms with Crippen LogP contribution >= 0.6 is 23.4 Å². The number of aromatic nitrogens is 2. The van der Waals surface area contributed by atoms with E-state index in [1.165, 1.54) is 23.9 Å². The molecule has 1 aromatic heterocycles. The standard InChI is InChI=1S/C18H15ClFN3S/c1-11-16(12-3-7-14(20)8-4-12)17(23-18(21-11)24-2)22-15-9-5-13(19)6-10-15/h3-10H,1-2H3,(H,21,22,23). The van der Waals surface area contributed by atoms with Crippen molar-refractivity contribution in [1.29, 1.82) is 0 Å². The maximum atomic E-state index is 13.2. The van der Waals surface area contributed by atoms with Crippen molar-refractivity contribution in [2.24, 2.45) is 0 Å². The number of aryl methyl sites for hydroxylation is 1. The Morgan fingerprint density at radius 2 is 1.67 bits per heavy atom. The van der Waals surface area contributed by atoms with Crippen LogP contribution in [-0.2, 0) is 0 Å². The van der Waals surface area contributed by atoms with Crippen LogP contribution in [0.4, 0.5) is 15.9 Å². The lowest BCUT2D eigenvalue weighted by atomic mass is 10.0. The Balaban J connectivity index is 2.09. The van der Waals surface area contributed by atoms with Crippen LogP contribution in [0.1, 0.15) is 5.69 Å². The third-order valence-electron chi connectivity index (χ3n) is 3.49. The molecule has 122 valence electrons. The summed E-state index contributed by atoms with van der Waals surface area (Å²) in [5.74, 6) is 0.408. The molecule has 3 nitrogen and oxygen atoms in total. The summed E-state index contributed by atoms with van der Waals surface area (Å²) in [7, 11) is 0. The molecule has 3 aromatic rings. The summed E-state index contributed by atoms with van der Waals surface area (Å²) in [5, 5.41) is 4.66. The van der Waals surface area contributed by atoms with Gasteiger partial charge in [0.15, 0.2) is 5.16 Å². The number of hydrogen-bond acceptors (Lipinski definition) is 4. The Morgan fingerprint density at radius 1 is 1.00 bits per heavy atom. The molecule has 1 heterocycles. The third-order valence-corrected chi connectivity index (χ3v) is 4.29. The van der Waals surface area contributed by atoms with Gasteiger partial charge in [-0.2, -0.15) is 0 Å². The SMILES string of the molecule is CSc1nc(C)c(-c2ccc(F)cc2)c(Nc2ccc(Cl)cc2)n1. The van der Waals surface area contributed by atoms with Crippen LogP contribution in [0.25, 0.3) is 11.1 Å². The van der Waals surface area contributed by atoms with Gasteiger partial charge < -0.3 is 5.32 Å². The number of nitrogens with one attached hydrogen (secondary N) is 1. The summed E-state index contributed by atoms with van der Waals surface area (Å²) in [4.78, 5) is 9.09. The van der Waals surface area contributed by atoms with Gasteiger partial charge in [0.2, 0.25) is 0 Å². The average molecular weight is 360 g/mol. The number of nitrogens with zero attached hydrogens (tertiary/aromatic N) is 2. The average Bonchev–Trinajstić information content (AvgIpc) is 2.58. The Bertz CT molecular complexity index is 851. The molecule has 0 saturated heterocycles. The summed E-state index contributed by atoms with van der Waals surface area (Å²) in [6, 6.07) is 13.7. The van der Waals surface area contributed by atoms with Gasteiger partial charge in [-0.15, -0.1) is 0 Å². The van der Waals surface area contributed by atoms with Crippen LogP contribution < -0.4 is 5.32 Å². The summed E-state index contributed by atoms with van der Waals surface area (Å²) < 4.78 is 13.2. The molecule has 3 rings (SSSR count). The topological polar surface area (TPSA) is 37.8 Å². The minimum absolute atomic E-state index is 0.273. The van der Waals surface area contributed by atoms with E-state index in [1.807, 2.05) is 37.4 Å². The lowest BCUT2D eigenvalue weighted by molar-refractivity contribution is 0.628. The zero-order valence-electron chi connectivity index (χ0n) is 13.2. The molecule has 0 spiro atoms. The summed E-state index contributed by atoms with van der Waals surface area (Å²) in [5.41, 5.74) is 3.41. The molecule has 0 amide bonds. The fraction of sp³-hybridized carbons (Fsp3) is 0.111. The summed E-state index contributed by atoms with van der Waals surface area (Å²) >= 11 is 7.41. The van der Waals surface area contributed by atoms with E-state index in [9.17, 15) is 4.39 Å². The fourth-order valence-electron chi connectivity index (χ4n) is 2.36. The van der Waals surface area contributed by atoms with E-state index in [2.05, 4.69) is 15.3 Å². The predicted molar refractivity (Wildman–Crippen MR) is 98.7 cm³/mol. The molecule has 24 heavy (non-hydrogen) atoms. The van der Waals surface area contributed by atoms with Crippen molar-refractivity contribution in [2.75, 3.05) is 11.6 Å². The minimum atomic E-state index is -0.273. The molecule has 0 radical (unpaired) electrons. The van der Waals surface area contributed by atoms with Gasteiger partial charge in [0.05, 0.1) is 5.69 Å². The molecule has 0 saturated carbocycles. The smallest absolute Gasteiger partial charge is 0.189 e. The molecule has 0 fully saturated rings. The van der Waals surface area contributed by atoms with Crippen molar-refractivity contribution in [3.8, 4) is 11.1 Å². The first-order chi connectivity index (χ1) is 11.6. The van der Waals surface area contributed by atoms with Crippen LogP contribution in [0.15, 0.2) is 53.7 Å². The highest BCUT2D eigenvalue weighted by atomic mass is 35.5. The van der Waals surface area contributed by atoms with Gasteiger partial charge in [0.25, 0.3) is 0 Å². The molecule has 0 bridgehead atoms.